The molecule has 10 rings (SSSR count). The van der Waals surface area contributed by atoms with E-state index >= 15 is 9.59 Å². The number of benzene rings is 4. The van der Waals surface area contributed by atoms with Gasteiger partial charge in [0.1, 0.15) is 0 Å². The Morgan fingerprint density at radius 1 is 0.402 bits per heavy atom. The number of rotatable bonds is 29. The Hall–Kier alpha value is -5.48. The van der Waals surface area contributed by atoms with Crippen molar-refractivity contribution in [3.8, 4) is 22.3 Å². The summed E-state index contributed by atoms with van der Waals surface area (Å²) in [5, 5.41) is 0. The second-order valence-corrected chi connectivity index (χ2v) is 28.1. The predicted molar refractivity (Wildman–Crippen MR) is 350 cm³/mol. The van der Waals surface area contributed by atoms with Crippen molar-refractivity contribution in [2.45, 2.75) is 265 Å². The molecule has 0 fully saturated rings. The van der Waals surface area contributed by atoms with Crippen LogP contribution in [0, 0.1) is 5.41 Å². The molecule has 0 unspecified atom stereocenters. The van der Waals surface area contributed by atoms with Crippen LogP contribution in [0.4, 0.5) is 0 Å². The molecule has 4 aromatic rings. The average Bonchev–Trinajstić information content (AvgIpc) is 1.97. The van der Waals surface area contributed by atoms with Crippen molar-refractivity contribution in [2.24, 2.45) is 5.41 Å². The van der Waals surface area contributed by atoms with E-state index < -0.39 is 0 Å². The first-order valence-electron chi connectivity index (χ1n) is 33.5. The maximum Gasteiger partial charge on any atom is 0.265 e. The first-order valence-corrected chi connectivity index (χ1v) is 33.5. The van der Waals surface area contributed by atoms with Gasteiger partial charge in [-0.1, -0.05) is 272 Å². The molecule has 0 bridgehead atoms. The zero-order valence-electron chi connectivity index (χ0n) is 52.7. The second-order valence-electron chi connectivity index (χ2n) is 28.1. The quantitative estimate of drug-likeness (QED) is 0.0509. The van der Waals surface area contributed by atoms with Crippen LogP contribution < -0.4 is 0 Å². The van der Waals surface area contributed by atoms with Gasteiger partial charge in [0.15, 0.2) is 0 Å². The Labute approximate surface area is 497 Å². The number of carbonyl (C=O) groups is 2. The molecule has 4 aliphatic heterocycles. The van der Waals surface area contributed by atoms with E-state index in [1.165, 1.54) is 210 Å². The normalized spacial score (nSPS) is 16.8. The van der Waals surface area contributed by atoms with Crippen LogP contribution in [0.5, 0.6) is 0 Å². The highest BCUT2D eigenvalue weighted by molar-refractivity contribution is 6.32. The van der Waals surface area contributed by atoms with Gasteiger partial charge in [0.05, 0.1) is 22.5 Å². The maximum atomic E-state index is 15.6. The summed E-state index contributed by atoms with van der Waals surface area (Å²) in [7, 11) is 0. The Bertz CT molecular complexity index is 3140. The number of nitrogens with zero attached hydrogens (tertiary/aromatic N) is 2. The number of hydrogen-bond donors (Lipinski definition) is 0. The molecule has 4 heteroatoms. The topological polar surface area (TPSA) is 40.6 Å². The summed E-state index contributed by atoms with van der Waals surface area (Å²) in [6, 6.07) is 24.5. The highest BCUT2D eigenvalue weighted by Gasteiger charge is 2.52. The van der Waals surface area contributed by atoms with Gasteiger partial charge in [-0.15, -0.1) is 0 Å². The van der Waals surface area contributed by atoms with Crippen LogP contribution in [0.1, 0.15) is 305 Å². The van der Waals surface area contributed by atoms with Gasteiger partial charge in [-0.25, -0.2) is 0 Å². The summed E-state index contributed by atoms with van der Waals surface area (Å²) >= 11 is 0. The van der Waals surface area contributed by atoms with E-state index in [4.69, 9.17) is 0 Å². The summed E-state index contributed by atoms with van der Waals surface area (Å²) in [5.74, 6) is -0.181. The summed E-state index contributed by atoms with van der Waals surface area (Å²) in [6.45, 7) is 23.1. The minimum absolute atomic E-state index is 0.0152. The molecular formula is C78H102N2O2. The van der Waals surface area contributed by atoms with Crippen molar-refractivity contribution in [1.29, 1.82) is 0 Å². The first kappa shape index (κ1) is 59.7. The standard InChI is InChI=1S/C78H102N2O2/c1-11-15-19-23-27-31-42-77(43-32-28-24-20-16-12-2)65-49-55(39-46-75(5,6)7)35-37-59(65)63-50-56-40-47-79-71(61(56)53-67(63)77)69-70(74(79)82)72-62-54-68-64(51-57(62)41-48-80(72)73(69)81)60-38-36-58(76(8,9)10)52-66(60)78(68,44-33-29-25-21-17-13-3)45-34-30-26-22-18-14-4/h35-41,46-54H,11-34,42-45H2,1-10H3. The SMILES string of the molecule is CCCCCCCCC1(CCCCCCCC)c2cc(C=CC(C)(C)C)ccc2-c2cc3c(cc21)C1=C2C(=O)N4C=Cc5cc6c(cc5C4=C2C(=O)N1C=C3)C(CCCCCCCC)(CCCCCCCC)c1cc(C(C)(C)C)ccc1-6. The fraction of sp³-hybridized carbons (Fsp3) is 0.538. The van der Waals surface area contributed by atoms with Crippen molar-refractivity contribution < 1.29 is 9.59 Å². The Morgan fingerprint density at radius 3 is 1.16 bits per heavy atom. The van der Waals surface area contributed by atoms with Crippen molar-refractivity contribution >= 4 is 41.4 Å². The zero-order chi connectivity index (χ0) is 57.8. The molecule has 0 saturated carbocycles. The lowest BCUT2D eigenvalue weighted by atomic mass is 9.69. The van der Waals surface area contributed by atoms with Crippen LogP contribution in [-0.4, -0.2) is 21.6 Å². The number of carbonyl (C=O) groups excluding carboxylic acids is 2. The molecule has 0 N–H and O–H groups in total. The van der Waals surface area contributed by atoms with E-state index in [1.54, 1.807) is 0 Å². The minimum Gasteiger partial charge on any atom is -0.282 e. The fourth-order valence-corrected chi connectivity index (χ4v) is 15.3. The number of unbranched alkanes of at least 4 members (excludes halogenated alkanes) is 20. The largest absolute Gasteiger partial charge is 0.282 e. The van der Waals surface area contributed by atoms with Gasteiger partial charge in [-0.2, -0.15) is 0 Å². The molecule has 2 aliphatic carbocycles. The Morgan fingerprint density at radius 2 is 0.768 bits per heavy atom. The van der Waals surface area contributed by atoms with Crippen molar-refractivity contribution in [1.82, 2.24) is 9.80 Å². The number of allylic oxidation sites excluding steroid dienone is 1. The van der Waals surface area contributed by atoms with Gasteiger partial charge in [0.25, 0.3) is 11.8 Å². The summed E-state index contributed by atoms with van der Waals surface area (Å²) < 4.78 is 0. The molecule has 0 radical (unpaired) electrons. The Kier molecular flexibility index (Phi) is 18.5. The smallest absolute Gasteiger partial charge is 0.265 e. The lowest BCUT2D eigenvalue weighted by Crippen LogP contribution is -2.29. The Balaban J connectivity index is 1.11. The molecule has 2 amide bonds. The van der Waals surface area contributed by atoms with Crippen LogP contribution >= 0.6 is 0 Å². The second kappa shape index (κ2) is 25.4. The number of hydrogen-bond acceptors (Lipinski definition) is 2. The van der Waals surface area contributed by atoms with Gasteiger partial charge in [-0.3, -0.25) is 19.4 Å². The maximum absolute atomic E-state index is 15.6. The van der Waals surface area contributed by atoms with E-state index in [9.17, 15) is 0 Å². The van der Waals surface area contributed by atoms with Crippen LogP contribution in [0.15, 0.2) is 90.3 Å². The van der Waals surface area contributed by atoms with Gasteiger partial charge in [0.2, 0.25) is 0 Å². The van der Waals surface area contributed by atoms with Gasteiger partial charge in [0, 0.05) is 34.4 Å². The molecule has 0 aromatic heterocycles. The lowest BCUT2D eigenvalue weighted by Gasteiger charge is -2.35. The van der Waals surface area contributed by atoms with E-state index in [0.717, 1.165) is 59.3 Å². The molecule has 4 heterocycles. The molecule has 82 heavy (non-hydrogen) atoms. The highest BCUT2D eigenvalue weighted by atomic mass is 16.2. The molecule has 6 aliphatic rings. The molecule has 0 spiro atoms. The third kappa shape index (κ3) is 11.6. The third-order valence-electron chi connectivity index (χ3n) is 19.9. The van der Waals surface area contributed by atoms with Crippen LogP contribution in [-0.2, 0) is 25.8 Å². The molecule has 0 atom stereocenters. The predicted octanol–water partition coefficient (Wildman–Crippen LogP) is 22.4. The fourth-order valence-electron chi connectivity index (χ4n) is 15.3. The van der Waals surface area contributed by atoms with Crippen LogP contribution in [0.3, 0.4) is 0 Å². The van der Waals surface area contributed by atoms with Gasteiger partial charge < -0.3 is 0 Å². The van der Waals surface area contributed by atoms with E-state index in [2.05, 4.69) is 154 Å². The van der Waals surface area contributed by atoms with Crippen LogP contribution in [0.2, 0.25) is 0 Å². The first-order chi connectivity index (χ1) is 39.6. The minimum atomic E-state index is -0.177. The van der Waals surface area contributed by atoms with Crippen LogP contribution in [0.25, 0.3) is 51.9 Å². The molecule has 0 saturated heterocycles. The molecular weight excluding hydrogens is 997 g/mol. The summed E-state index contributed by atoms with van der Waals surface area (Å²) in [4.78, 5) is 34.9. The molecule has 436 valence electrons. The molecule has 4 aromatic carbocycles. The highest BCUT2D eigenvalue weighted by Crippen LogP contribution is 2.60. The van der Waals surface area contributed by atoms with Gasteiger partial charge in [-0.05, 0) is 140 Å². The van der Waals surface area contributed by atoms with E-state index in [1.807, 2.05) is 22.2 Å². The lowest BCUT2D eigenvalue weighted by molar-refractivity contribution is -0.122. The number of amides is 2. The van der Waals surface area contributed by atoms with Crippen molar-refractivity contribution in [3.05, 3.63) is 146 Å². The van der Waals surface area contributed by atoms with Crippen molar-refractivity contribution in [2.75, 3.05) is 0 Å². The van der Waals surface area contributed by atoms with E-state index in [0.29, 0.717) is 11.1 Å². The summed E-state index contributed by atoms with van der Waals surface area (Å²) in [6.07, 6.45) is 47.6. The zero-order valence-corrected chi connectivity index (χ0v) is 52.7. The average molecular weight is 1100 g/mol. The summed E-state index contributed by atoms with van der Waals surface area (Å²) in [5.41, 5.74) is 20.4. The monoisotopic (exact) mass is 1100 g/mol. The van der Waals surface area contributed by atoms with E-state index in [-0.39, 0.29) is 33.5 Å². The van der Waals surface area contributed by atoms with Crippen molar-refractivity contribution in [3.63, 3.8) is 0 Å². The third-order valence-corrected chi connectivity index (χ3v) is 19.9. The molecule has 4 nitrogen and oxygen atoms in total. The number of fused-ring (bicyclic) bond motifs is 13. The van der Waals surface area contributed by atoms with Gasteiger partial charge >= 0.3 is 0 Å².